The Morgan fingerprint density at radius 1 is 1.50 bits per heavy atom. The van der Waals surface area contributed by atoms with Gasteiger partial charge in [0.05, 0.1) is 15.9 Å². The standard InChI is InChI=1S/C11H10FN3O4S/c12-9-5-8(3-4-11(9)15(16)17)20(18,19)14-10(6-13)7-1-2-7/h3-5,7,10,14H,1-2H2. The predicted octanol–water partition coefficient (Wildman–Crippen LogP) is 1.31. The first kappa shape index (κ1) is 14.4. The van der Waals surface area contributed by atoms with E-state index in [0.29, 0.717) is 6.07 Å². The van der Waals surface area contributed by atoms with E-state index in [9.17, 15) is 22.9 Å². The van der Waals surface area contributed by atoms with Gasteiger partial charge in [0.25, 0.3) is 0 Å². The number of nitro benzene ring substituents is 1. The molecule has 9 heteroatoms. The number of nitro groups is 1. The van der Waals surface area contributed by atoms with E-state index >= 15 is 0 Å². The quantitative estimate of drug-likeness (QED) is 0.650. The maximum absolute atomic E-state index is 13.4. The van der Waals surface area contributed by atoms with E-state index in [4.69, 9.17) is 5.26 Å². The first-order chi connectivity index (χ1) is 9.35. The minimum atomic E-state index is -4.08. The fraction of sp³-hybridized carbons (Fsp3) is 0.364. The Balaban J connectivity index is 2.28. The van der Waals surface area contributed by atoms with Crippen molar-refractivity contribution in [2.75, 3.05) is 0 Å². The van der Waals surface area contributed by atoms with E-state index in [1.54, 1.807) is 0 Å². The second-order valence-electron chi connectivity index (χ2n) is 4.44. The van der Waals surface area contributed by atoms with E-state index in [1.807, 2.05) is 6.07 Å². The smallest absolute Gasteiger partial charge is 0.258 e. The Morgan fingerprint density at radius 3 is 2.60 bits per heavy atom. The molecule has 1 unspecified atom stereocenters. The lowest BCUT2D eigenvalue weighted by Gasteiger charge is -2.11. The van der Waals surface area contributed by atoms with Crippen LogP contribution >= 0.6 is 0 Å². The second-order valence-corrected chi connectivity index (χ2v) is 6.15. The normalized spacial score (nSPS) is 16.4. The Bertz CT molecular complexity index is 694. The summed E-state index contributed by atoms with van der Waals surface area (Å²) in [4.78, 5) is 9.08. The molecule has 0 saturated heterocycles. The lowest BCUT2D eigenvalue weighted by molar-refractivity contribution is -0.387. The average molecular weight is 299 g/mol. The van der Waals surface area contributed by atoms with Gasteiger partial charge in [0.1, 0.15) is 6.04 Å². The van der Waals surface area contributed by atoms with Crippen LogP contribution in [0.3, 0.4) is 0 Å². The third-order valence-corrected chi connectivity index (χ3v) is 4.38. The zero-order chi connectivity index (χ0) is 14.9. The van der Waals surface area contributed by atoms with Crippen LogP contribution < -0.4 is 4.72 Å². The molecule has 1 saturated carbocycles. The molecule has 0 bridgehead atoms. The summed E-state index contributed by atoms with van der Waals surface area (Å²) < 4.78 is 39.5. The Labute approximate surface area is 114 Å². The Kier molecular flexibility index (Phi) is 3.69. The number of benzene rings is 1. The van der Waals surface area contributed by atoms with Gasteiger partial charge >= 0.3 is 5.69 Å². The number of rotatable bonds is 5. The molecule has 2 rings (SSSR count). The van der Waals surface area contributed by atoms with Crippen molar-refractivity contribution in [3.05, 3.63) is 34.1 Å². The van der Waals surface area contributed by atoms with Gasteiger partial charge in [-0.3, -0.25) is 10.1 Å². The van der Waals surface area contributed by atoms with Crippen molar-refractivity contribution in [1.82, 2.24) is 4.72 Å². The fourth-order valence-corrected chi connectivity index (χ4v) is 2.92. The second kappa shape index (κ2) is 5.15. The van der Waals surface area contributed by atoms with Gasteiger partial charge in [-0.05, 0) is 24.8 Å². The number of halogens is 1. The highest BCUT2D eigenvalue weighted by atomic mass is 32.2. The number of hydrogen-bond donors (Lipinski definition) is 1. The van der Waals surface area contributed by atoms with Crippen molar-refractivity contribution in [1.29, 1.82) is 5.26 Å². The number of nitrogens with one attached hydrogen (secondary N) is 1. The molecule has 0 heterocycles. The minimum absolute atomic E-state index is 0.0299. The van der Waals surface area contributed by atoms with E-state index in [-0.39, 0.29) is 5.92 Å². The summed E-state index contributed by atoms with van der Waals surface area (Å²) in [5, 5.41) is 19.3. The molecule has 0 aliphatic heterocycles. The van der Waals surface area contributed by atoms with Crippen LogP contribution in [0.25, 0.3) is 0 Å². The van der Waals surface area contributed by atoms with Crippen LogP contribution in [0.1, 0.15) is 12.8 Å². The molecule has 0 aromatic heterocycles. The first-order valence-electron chi connectivity index (χ1n) is 5.71. The molecule has 20 heavy (non-hydrogen) atoms. The SMILES string of the molecule is N#CC(NS(=O)(=O)c1ccc([N+](=O)[O-])c(F)c1)C1CC1. The minimum Gasteiger partial charge on any atom is -0.258 e. The van der Waals surface area contributed by atoms with Gasteiger partial charge in [0.2, 0.25) is 15.8 Å². The molecule has 0 radical (unpaired) electrons. The number of hydrogen-bond acceptors (Lipinski definition) is 5. The number of nitriles is 1. The fourth-order valence-electron chi connectivity index (χ4n) is 1.70. The molecule has 1 aromatic carbocycles. The molecule has 1 atom stereocenters. The van der Waals surface area contributed by atoms with Crippen LogP contribution in [-0.2, 0) is 10.0 Å². The summed E-state index contributed by atoms with van der Waals surface area (Å²) in [6.07, 6.45) is 1.52. The number of nitrogens with zero attached hydrogens (tertiary/aromatic N) is 2. The van der Waals surface area contributed by atoms with Crippen molar-refractivity contribution < 1.29 is 17.7 Å². The summed E-state index contributed by atoms with van der Waals surface area (Å²) in [6, 6.07) is 3.27. The molecule has 1 aromatic rings. The van der Waals surface area contributed by atoms with E-state index in [0.717, 1.165) is 25.0 Å². The lowest BCUT2D eigenvalue weighted by atomic mass is 10.2. The summed E-state index contributed by atoms with van der Waals surface area (Å²) in [6.45, 7) is 0. The molecule has 1 N–H and O–H groups in total. The molecule has 106 valence electrons. The van der Waals surface area contributed by atoms with Gasteiger partial charge in [-0.1, -0.05) is 0 Å². The van der Waals surface area contributed by atoms with Crippen molar-refractivity contribution >= 4 is 15.7 Å². The zero-order valence-corrected chi connectivity index (χ0v) is 10.9. The maximum Gasteiger partial charge on any atom is 0.304 e. The summed E-state index contributed by atoms with van der Waals surface area (Å²) >= 11 is 0. The van der Waals surface area contributed by atoms with Gasteiger partial charge in [-0.2, -0.15) is 14.4 Å². The van der Waals surface area contributed by atoms with Gasteiger partial charge in [0.15, 0.2) is 0 Å². The lowest BCUT2D eigenvalue weighted by Crippen LogP contribution is -2.35. The van der Waals surface area contributed by atoms with Crippen LogP contribution in [0.2, 0.25) is 0 Å². The molecular weight excluding hydrogens is 289 g/mol. The first-order valence-corrected chi connectivity index (χ1v) is 7.19. The molecule has 0 spiro atoms. The van der Waals surface area contributed by atoms with Gasteiger partial charge in [-0.15, -0.1) is 0 Å². The largest absolute Gasteiger partial charge is 0.304 e. The van der Waals surface area contributed by atoms with Gasteiger partial charge < -0.3 is 0 Å². The summed E-state index contributed by atoms with van der Waals surface area (Å²) in [5.41, 5.74) is -0.803. The highest BCUT2D eigenvalue weighted by molar-refractivity contribution is 7.89. The molecule has 1 aliphatic carbocycles. The molecule has 1 fully saturated rings. The molecule has 1 aliphatic rings. The molecule has 0 amide bonds. The molecule has 7 nitrogen and oxygen atoms in total. The summed E-state index contributed by atoms with van der Waals surface area (Å²) in [5.74, 6) is -1.27. The predicted molar refractivity (Wildman–Crippen MR) is 65.5 cm³/mol. The van der Waals surface area contributed by atoms with Crippen molar-refractivity contribution in [3.8, 4) is 6.07 Å². The monoisotopic (exact) mass is 299 g/mol. The topological polar surface area (TPSA) is 113 Å². The van der Waals surface area contributed by atoms with Gasteiger partial charge in [0, 0.05) is 12.1 Å². The molecular formula is C11H10FN3O4S. The van der Waals surface area contributed by atoms with Crippen LogP contribution in [0, 0.1) is 33.2 Å². The Hall–Kier alpha value is -2.05. The van der Waals surface area contributed by atoms with Crippen molar-refractivity contribution in [2.24, 2.45) is 5.92 Å². The van der Waals surface area contributed by atoms with Crippen LogP contribution in [0.4, 0.5) is 10.1 Å². The third kappa shape index (κ3) is 2.92. The number of sulfonamides is 1. The van der Waals surface area contributed by atoms with Crippen molar-refractivity contribution in [2.45, 2.75) is 23.8 Å². The van der Waals surface area contributed by atoms with Gasteiger partial charge in [-0.25, -0.2) is 8.42 Å². The van der Waals surface area contributed by atoms with Crippen LogP contribution in [-0.4, -0.2) is 19.4 Å². The Morgan fingerprint density at radius 2 is 2.15 bits per heavy atom. The van der Waals surface area contributed by atoms with E-state index < -0.39 is 37.4 Å². The van der Waals surface area contributed by atoms with Crippen LogP contribution in [0.15, 0.2) is 23.1 Å². The van der Waals surface area contributed by atoms with Crippen LogP contribution in [0.5, 0.6) is 0 Å². The van der Waals surface area contributed by atoms with E-state index in [1.165, 1.54) is 0 Å². The summed E-state index contributed by atoms with van der Waals surface area (Å²) in [7, 11) is -4.08. The third-order valence-electron chi connectivity index (χ3n) is 2.94. The van der Waals surface area contributed by atoms with E-state index in [2.05, 4.69) is 4.72 Å². The maximum atomic E-state index is 13.4. The highest BCUT2D eigenvalue weighted by Crippen LogP contribution is 2.33. The highest BCUT2D eigenvalue weighted by Gasteiger charge is 2.34. The zero-order valence-electron chi connectivity index (χ0n) is 10.1. The van der Waals surface area contributed by atoms with Crippen molar-refractivity contribution in [3.63, 3.8) is 0 Å². The average Bonchev–Trinajstić information content (AvgIpc) is 3.19.